The van der Waals surface area contributed by atoms with Crippen molar-refractivity contribution in [3.05, 3.63) is 70.5 Å². The summed E-state index contributed by atoms with van der Waals surface area (Å²) >= 11 is 5.81. The number of nitrogens with one attached hydrogen (secondary N) is 1. The minimum atomic E-state index is -1.42. The Kier molecular flexibility index (Phi) is 5.37. The quantitative estimate of drug-likeness (QED) is 0.860. The van der Waals surface area contributed by atoms with Gasteiger partial charge < -0.3 is 10.4 Å². The Hall–Kier alpha value is -1.95. The maximum Gasteiger partial charge on any atom is 0.253 e. The van der Waals surface area contributed by atoms with Gasteiger partial charge in [0.05, 0.1) is 0 Å². The molecule has 0 radical (unpaired) electrons. The molecule has 132 valence electrons. The van der Waals surface area contributed by atoms with Gasteiger partial charge in [-0.3, -0.25) is 9.69 Å². The maximum atomic E-state index is 13.3. The predicted molar refractivity (Wildman–Crippen MR) is 94.5 cm³/mol. The van der Waals surface area contributed by atoms with Gasteiger partial charge in [0.1, 0.15) is 5.82 Å². The number of nitrogens with zero attached hydrogens (tertiary/aromatic N) is 1. The second-order valence-electron chi connectivity index (χ2n) is 6.44. The smallest absolute Gasteiger partial charge is 0.253 e. The van der Waals surface area contributed by atoms with Crippen LogP contribution in [0.15, 0.2) is 48.5 Å². The summed E-state index contributed by atoms with van der Waals surface area (Å²) in [6.45, 7) is 1.73. The molecule has 2 aromatic rings. The Labute approximate surface area is 151 Å². The Balaban J connectivity index is 1.56. The van der Waals surface area contributed by atoms with Crippen molar-refractivity contribution in [1.82, 2.24) is 10.2 Å². The van der Waals surface area contributed by atoms with E-state index in [1.54, 1.807) is 6.07 Å². The lowest BCUT2D eigenvalue weighted by Crippen LogP contribution is -2.48. The van der Waals surface area contributed by atoms with Crippen molar-refractivity contribution in [2.45, 2.75) is 25.1 Å². The van der Waals surface area contributed by atoms with Gasteiger partial charge in [0.25, 0.3) is 5.91 Å². The van der Waals surface area contributed by atoms with Gasteiger partial charge in [-0.1, -0.05) is 41.9 Å². The number of carbonyl (C=O) groups is 1. The molecule has 0 bridgehead atoms. The zero-order chi connectivity index (χ0) is 17.9. The maximum absolute atomic E-state index is 13.3. The van der Waals surface area contributed by atoms with E-state index in [1.165, 1.54) is 12.1 Å². The third-order valence-corrected chi connectivity index (χ3v) is 4.59. The van der Waals surface area contributed by atoms with Crippen molar-refractivity contribution in [2.24, 2.45) is 0 Å². The number of hydrogen-bond donors (Lipinski definition) is 2. The highest BCUT2D eigenvalue weighted by molar-refractivity contribution is 6.30. The van der Waals surface area contributed by atoms with Crippen molar-refractivity contribution in [3.63, 3.8) is 0 Å². The van der Waals surface area contributed by atoms with E-state index in [9.17, 15) is 14.3 Å². The van der Waals surface area contributed by atoms with E-state index in [2.05, 4.69) is 5.32 Å². The Morgan fingerprint density at radius 2 is 2.00 bits per heavy atom. The molecule has 2 N–H and O–H groups in total. The van der Waals surface area contributed by atoms with Crippen molar-refractivity contribution in [1.29, 1.82) is 0 Å². The third kappa shape index (κ3) is 4.57. The van der Waals surface area contributed by atoms with Crippen LogP contribution in [0.1, 0.15) is 17.5 Å². The van der Waals surface area contributed by atoms with E-state index in [4.69, 9.17) is 11.6 Å². The molecule has 2 aromatic carbocycles. The standard InChI is InChI=1S/C19H20ClFN2O2/c20-16-8-15(9-17(21)10-16)11-22-18(24)19(25)6-7-23(13-19)12-14-4-2-1-3-5-14/h1-5,8-10,25H,6-7,11-13H2,(H,22,24). The largest absolute Gasteiger partial charge is 0.379 e. The first kappa shape index (κ1) is 17.9. The van der Waals surface area contributed by atoms with Crippen LogP contribution in [0.5, 0.6) is 0 Å². The summed E-state index contributed by atoms with van der Waals surface area (Å²) in [5, 5.41) is 13.6. The molecule has 1 aliphatic rings. The van der Waals surface area contributed by atoms with Gasteiger partial charge >= 0.3 is 0 Å². The number of benzene rings is 2. The average molecular weight is 363 g/mol. The monoisotopic (exact) mass is 362 g/mol. The van der Waals surface area contributed by atoms with Gasteiger partial charge in [0.15, 0.2) is 5.60 Å². The van der Waals surface area contributed by atoms with Crippen LogP contribution in [-0.4, -0.2) is 34.6 Å². The van der Waals surface area contributed by atoms with Gasteiger partial charge in [-0.05, 0) is 35.7 Å². The zero-order valence-corrected chi connectivity index (χ0v) is 14.5. The van der Waals surface area contributed by atoms with E-state index in [1.807, 2.05) is 35.2 Å². The lowest BCUT2D eigenvalue weighted by atomic mass is 10.0. The van der Waals surface area contributed by atoms with E-state index >= 15 is 0 Å². The summed E-state index contributed by atoms with van der Waals surface area (Å²) in [6, 6.07) is 14.0. The molecule has 1 aliphatic heterocycles. The molecule has 0 spiro atoms. The van der Waals surface area contributed by atoms with Crippen LogP contribution >= 0.6 is 11.6 Å². The van der Waals surface area contributed by atoms with Crippen molar-refractivity contribution in [2.75, 3.05) is 13.1 Å². The zero-order valence-electron chi connectivity index (χ0n) is 13.7. The van der Waals surface area contributed by atoms with E-state index in [0.717, 1.165) is 5.56 Å². The molecular weight excluding hydrogens is 343 g/mol. The topological polar surface area (TPSA) is 52.6 Å². The highest BCUT2D eigenvalue weighted by Gasteiger charge is 2.42. The van der Waals surface area contributed by atoms with E-state index < -0.39 is 17.3 Å². The van der Waals surface area contributed by atoms with Crippen LogP contribution in [0.25, 0.3) is 0 Å². The van der Waals surface area contributed by atoms with Crippen LogP contribution in [0, 0.1) is 5.82 Å². The average Bonchev–Trinajstić information content (AvgIpc) is 2.95. The molecule has 1 saturated heterocycles. The minimum absolute atomic E-state index is 0.122. The summed E-state index contributed by atoms with van der Waals surface area (Å²) < 4.78 is 13.3. The van der Waals surface area contributed by atoms with Crippen LogP contribution in [0.2, 0.25) is 5.02 Å². The second-order valence-corrected chi connectivity index (χ2v) is 6.87. The van der Waals surface area contributed by atoms with Gasteiger partial charge in [-0.25, -0.2) is 4.39 Å². The lowest BCUT2D eigenvalue weighted by Gasteiger charge is -2.22. The van der Waals surface area contributed by atoms with Crippen molar-refractivity contribution < 1.29 is 14.3 Å². The summed E-state index contributed by atoms with van der Waals surface area (Å²) in [6.07, 6.45) is 0.371. The molecule has 25 heavy (non-hydrogen) atoms. The molecule has 1 unspecified atom stereocenters. The number of amides is 1. The van der Waals surface area contributed by atoms with E-state index in [-0.39, 0.29) is 18.1 Å². The fraction of sp³-hybridized carbons (Fsp3) is 0.316. The van der Waals surface area contributed by atoms with Gasteiger partial charge in [0.2, 0.25) is 0 Å². The molecule has 0 aliphatic carbocycles. The number of rotatable bonds is 5. The molecule has 4 nitrogen and oxygen atoms in total. The molecule has 1 heterocycles. The Morgan fingerprint density at radius 1 is 1.24 bits per heavy atom. The van der Waals surface area contributed by atoms with Crippen molar-refractivity contribution >= 4 is 17.5 Å². The van der Waals surface area contributed by atoms with Crippen LogP contribution < -0.4 is 5.32 Å². The normalized spacial score (nSPS) is 20.6. The fourth-order valence-electron chi connectivity index (χ4n) is 3.09. The van der Waals surface area contributed by atoms with Gasteiger partial charge in [-0.15, -0.1) is 0 Å². The molecule has 1 fully saturated rings. The Bertz CT molecular complexity index is 736. The first-order valence-corrected chi connectivity index (χ1v) is 8.54. The first-order valence-electron chi connectivity index (χ1n) is 8.16. The fourth-order valence-corrected chi connectivity index (χ4v) is 3.34. The molecule has 1 amide bonds. The third-order valence-electron chi connectivity index (χ3n) is 4.37. The molecule has 0 saturated carbocycles. The van der Waals surface area contributed by atoms with E-state index in [0.29, 0.717) is 25.1 Å². The Morgan fingerprint density at radius 3 is 2.72 bits per heavy atom. The molecular formula is C19H20ClFN2O2. The van der Waals surface area contributed by atoms with Gasteiger partial charge in [-0.2, -0.15) is 0 Å². The molecule has 0 aromatic heterocycles. The molecule has 1 atom stereocenters. The number of β-amino-alcohol motifs (C(OH)–C–C–N with tert-alkyl or cyclic N) is 1. The number of carbonyl (C=O) groups excluding carboxylic acids is 1. The lowest BCUT2D eigenvalue weighted by molar-refractivity contribution is -0.138. The molecule has 3 rings (SSSR count). The first-order chi connectivity index (χ1) is 11.9. The predicted octanol–water partition coefficient (Wildman–Crippen LogP) is 2.73. The van der Waals surface area contributed by atoms with Crippen LogP contribution in [-0.2, 0) is 17.9 Å². The van der Waals surface area contributed by atoms with Gasteiger partial charge in [0, 0.05) is 31.2 Å². The highest BCUT2D eigenvalue weighted by atomic mass is 35.5. The number of halogens is 2. The number of likely N-dealkylation sites (tertiary alicyclic amines) is 1. The van der Waals surface area contributed by atoms with Crippen molar-refractivity contribution in [3.8, 4) is 0 Å². The molecule has 6 heteroatoms. The summed E-state index contributed by atoms with van der Waals surface area (Å²) in [5.41, 5.74) is 0.272. The second kappa shape index (κ2) is 7.52. The highest BCUT2D eigenvalue weighted by Crippen LogP contribution is 2.23. The number of hydrogen-bond acceptors (Lipinski definition) is 3. The summed E-state index contributed by atoms with van der Waals surface area (Å²) in [7, 11) is 0. The summed E-state index contributed by atoms with van der Waals surface area (Å²) in [5.74, 6) is -0.895. The van der Waals surface area contributed by atoms with Crippen LogP contribution in [0.4, 0.5) is 4.39 Å². The SMILES string of the molecule is O=C(NCc1cc(F)cc(Cl)c1)C1(O)CCN(Cc2ccccc2)C1. The van der Waals surface area contributed by atoms with Crippen LogP contribution in [0.3, 0.4) is 0 Å². The minimum Gasteiger partial charge on any atom is -0.379 e. The number of aliphatic hydroxyl groups is 1. The summed E-state index contributed by atoms with van der Waals surface area (Å²) in [4.78, 5) is 14.4.